The Morgan fingerprint density at radius 3 is 2.64 bits per heavy atom. The molecule has 0 saturated carbocycles. The SMILES string of the molecule is Cc1ccsc1/C=C/C(=O)OCC(=O)Nc1ccc(Cl)cc1. The predicted molar refractivity (Wildman–Crippen MR) is 89.1 cm³/mol. The summed E-state index contributed by atoms with van der Waals surface area (Å²) in [5.41, 5.74) is 1.68. The van der Waals surface area contributed by atoms with Crippen molar-refractivity contribution < 1.29 is 14.3 Å². The van der Waals surface area contributed by atoms with Gasteiger partial charge in [-0.15, -0.1) is 11.3 Å². The van der Waals surface area contributed by atoms with Gasteiger partial charge in [-0.3, -0.25) is 4.79 Å². The number of carbonyl (C=O) groups is 2. The lowest BCUT2D eigenvalue weighted by atomic mass is 10.3. The summed E-state index contributed by atoms with van der Waals surface area (Å²) in [4.78, 5) is 24.2. The maximum absolute atomic E-state index is 11.6. The highest BCUT2D eigenvalue weighted by Gasteiger charge is 2.06. The van der Waals surface area contributed by atoms with Gasteiger partial charge < -0.3 is 10.1 Å². The highest BCUT2D eigenvalue weighted by Crippen LogP contribution is 2.17. The van der Waals surface area contributed by atoms with Gasteiger partial charge in [-0.05, 0) is 54.3 Å². The van der Waals surface area contributed by atoms with Crippen LogP contribution in [0.3, 0.4) is 0 Å². The van der Waals surface area contributed by atoms with E-state index in [2.05, 4.69) is 5.32 Å². The van der Waals surface area contributed by atoms with Crippen LogP contribution in [-0.2, 0) is 14.3 Å². The molecule has 0 unspecified atom stereocenters. The molecular formula is C16H14ClNO3S. The Hall–Kier alpha value is -2.11. The molecule has 1 aromatic carbocycles. The first-order chi connectivity index (χ1) is 10.5. The van der Waals surface area contributed by atoms with E-state index in [-0.39, 0.29) is 6.61 Å². The predicted octanol–water partition coefficient (Wildman–Crippen LogP) is 3.91. The smallest absolute Gasteiger partial charge is 0.331 e. The first-order valence-electron chi connectivity index (χ1n) is 6.49. The maximum atomic E-state index is 11.6. The van der Waals surface area contributed by atoms with Crippen LogP contribution in [0, 0.1) is 6.92 Å². The number of rotatable bonds is 5. The van der Waals surface area contributed by atoms with Gasteiger partial charge in [0.2, 0.25) is 0 Å². The molecule has 0 spiro atoms. The van der Waals surface area contributed by atoms with Gasteiger partial charge in [-0.25, -0.2) is 4.79 Å². The first-order valence-corrected chi connectivity index (χ1v) is 7.75. The van der Waals surface area contributed by atoms with Crippen LogP contribution in [-0.4, -0.2) is 18.5 Å². The molecule has 2 rings (SSSR count). The molecule has 2 aromatic rings. The highest BCUT2D eigenvalue weighted by molar-refractivity contribution is 7.11. The number of hydrogen-bond acceptors (Lipinski definition) is 4. The Morgan fingerprint density at radius 2 is 2.00 bits per heavy atom. The van der Waals surface area contributed by atoms with Gasteiger partial charge >= 0.3 is 5.97 Å². The molecule has 0 aliphatic rings. The number of halogens is 1. The van der Waals surface area contributed by atoms with Gasteiger partial charge in [0.25, 0.3) is 5.91 Å². The van der Waals surface area contributed by atoms with E-state index >= 15 is 0 Å². The number of nitrogens with one attached hydrogen (secondary N) is 1. The molecule has 1 amide bonds. The van der Waals surface area contributed by atoms with E-state index < -0.39 is 11.9 Å². The highest BCUT2D eigenvalue weighted by atomic mass is 35.5. The van der Waals surface area contributed by atoms with E-state index in [1.54, 1.807) is 30.3 Å². The Bertz CT molecular complexity index is 692. The van der Waals surface area contributed by atoms with Crippen molar-refractivity contribution in [3.8, 4) is 0 Å². The van der Waals surface area contributed by atoms with Crippen molar-refractivity contribution in [2.75, 3.05) is 11.9 Å². The molecule has 1 heterocycles. The number of amides is 1. The van der Waals surface area contributed by atoms with Crippen molar-refractivity contribution in [1.82, 2.24) is 0 Å². The van der Waals surface area contributed by atoms with E-state index in [0.29, 0.717) is 10.7 Å². The van der Waals surface area contributed by atoms with Crippen LogP contribution in [0.1, 0.15) is 10.4 Å². The molecule has 1 aromatic heterocycles. The Morgan fingerprint density at radius 1 is 1.27 bits per heavy atom. The van der Waals surface area contributed by atoms with E-state index in [4.69, 9.17) is 16.3 Å². The summed E-state index contributed by atoms with van der Waals surface area (Å²) in [7, 11) is 0. The van der Waals surface area contributed by atoms with Crippen molar-refractivity contribution in [2.24, 2.45) is 0 Å². The zero-order chi connectivity index (χ0) is 15.9. The van der Waals surface area contributed by atoms with Crippen molar-refractivity contribution in [2.45, 2.75) is 6.92 Å². The van der Waals surface area contributed by atoms with E-state index in [9.17, 15) is 9.59 Å². The number of benzene rings is 1. The average Bonchev–Trinajstić information content (AvgIpc) is 2.91. The summed E-state index contributed by atoms with van der Waals surface area (Å²) in [5, 5.41) is 5.13. The molecule has 0 atom stereocenters. The molecule has 0 aliphatic carbocycles. The largest absolute Gasteiger partial charge is 0.452 e. The molecule has 0 aliphatic heterocycles. The second kappa shape index (κ2) is 7.77. The molecule has 114 valence electrons. The third kappa shape index (κ3) is 5.02. The average molecular weight is 336 g/mol. The fourth-order valence-corrected chi connectivity index (χ4v) is 2.56. The monoisotopic (exact) mass is 335 g/mol. The molecule has 0 saturated heterocycles. The quantitative estimate of drug-likeness (QED) is 0.666. The first kappa shape index (κ1) is 16.3. The number of anilines is 1. The van der Waals surface area contributed by atoms with Gasteiger partial charge in [0.15, 0.2) is 6.61 Å². The number of aryl methyl sites for hydroxylation is 1. The van der Waals surface area contributed by atoms with Gasteiger partial charge in [0.05, 0.1) is 0 Å². The lowest BCUT2D eigenvalue weighted by Crippen LogP contribution is -2.20. The molecule has 0 radical (unpaired) electrons. The molecule has 22 heavy (non-hydrogen) atoms. The normalized spacial score (nSPS) is 10.6. The number of carbonyl (C=O) groups excluding carboxylic acids is 2. The van der Waals surface area contributed by atoms with E-state index in [0.717, 1.165) is 10.4 Å². The maximum Gasteiger partial charge on any atom is 0.331 e. The van der Waals surface area contributed by atoms with Gasteiger partial charge in [-0.2, -0.15) is 0 Å². The van der Waals surface area contributed by atoms with Crippen molar-refractivity contribution in [1.29, 1.82) is 0 Å². The van der Waals surface area contributed by atoms with Crippen LogP contribution in [0.5, 0.6) is 0 Å². The van der Waals surface area contributed by atoms with Crippen LogP contribution >= 0.6 is 22.9 Å². The van der Waals surface area contributed by atoms with Crippen LogP contribution < -0.4 is 5.32 Å². The molecule has 0 fully saturated rings. The third-order valence-corrected chi connectivity index (χ3v) is 3.98. The fraction of sp³-hybridized carbons (Fsp3) is 0.125. The van der Waals surface area contributed by atoms with Crippen LogP contribution in [0.2, 0.25) is 5.02 Å². The summed E-state index contributed by atoms with van der Waals surface area (Å²) < 4.78 is 4.88. The fourth-order valence-electron chi connectivity index (χ4n) is 1.61. The second-order valence-electron chi connectivity index (χ2n) is 4.46. The second-order valence-corrected chi connectivity index (χ2v) is 5.85. The third-order valence-electron chi connectivity index (χ3n) is 2.75. The number of ether oxygens (including phenoxy) is 1. The minimum Gasteiger partial charge on any atom is -0.452 e. The van der Waals surface area contributed by atoms with Crippen molar-refractivity contribution in [3.05, 3.63) is 57.3 Å². The van der Waals surface area contributed by atoms with Crippen LogP contribution in [0.25, 0.3) is 6.08 Å². The zero-order valence-electron chi connectivity index (χ0n) is 11.8. The topological polar surface area (TPSA) is 55.4 Å². The molecule has 1 N–H and O–H groups in total. The standard InChI is InChI=1S/C16H14ClNO3S/c1-11-8-9-22-14(11)6-7-16(20)21-10-15(19)18-13-4-2-12(17)3-5-13/h2-9H,10H2,1H3,(H,18,19)/b7-6+. The lowest BCUT2D eigenvalue weighted by molar-refractivity contribution is -0.142. The minimum absolute atomic E-state index is 0.338. The van der Waals surface area contributed by atoms with E-state index in [1.165, 1.54) is 17.4 Å². The Balaban J connectivity index is 1.78. The van der Waals surface area contributed by atoms with Crippen LogP contribution in [0.4, 0.5) is 5.69 Å². The Kier molecular flexibility index (Phi) is 5.75. The number of hydrogen-bond donors (Lipinski definition) is 1. The van der Waals surface area contributed by atoms with Crippen LogP contribution in [0.15, 0.2) is 41.8 Å². The molecular weight excluding hydrogens is 322 g/mol. The minimum atomic E-state index is -0.556. The van der Waals surface area contributed by atoms with Gasteiger partial charge in [0.1, 0.15) is 0 Å². The Labute approximate surface area is 137 Å². The van der Waals surface area contributed by atoms with Crippen molar-refractivity contribution in [3.63, 3.8) is 0 Å². The summed E-state index contributed by atoms with van der Waals surface area (Å²) in [6.45, 7) is 1.62. The van der Waals surface area contributed by atoms with Crippen molar-refractivity contribution >= 4 is 46.6 Å². The summed E-state index contributed by atoms with van der Waals surface area (Å²) in [5.74, 6) is -0.963. The number of thiophene rings is 1. The number of esters is 1. The summed E-state index contributed by atoms with van der Waals surface area (Å²) in [6, 6.07) is 8.63. The lowest BCUT2D eigenvalue weighted by Gasteiger charge is -2.05. The summed E-state index contributed by atoms with van der Waals surface area (Å²) in [6.07, 6.45) is 2.99. The van der Waals surface area contributed by atoms with Gasteiger partial charge in [0, 0.05) is 21.7 Å². The molecule has 0 bridgehead atoms. The molecule has 6 heteroatoms. The molecule has 4 nitrogen and oxygen atoms in total. The van der Waals surface area contributed by atoms with E-state index in [1.807, 2.05) is 18.4 Å². The zero-order valence-corrected chi connectivity index (χ0v) is 13.4. The van der Waals surface area contributed by atoms with Gasteiger partial charge in [-0.1, -0.05) is 11.6 Å². The summed E-state index contributed by atoms with van der Waals surface area (Å²) >= 11 is 7.28.